The molecule has 1 fully saturated rings. The molecular formula is C19H30N2O5S. The molecule has 0 unspecified atom stereocenters. The van der Waals surface area contributed by atoms with Crippen LogP contribution in [0.1, 0.15) is 32.3 Å². The van der Waals surface area contributed by atoms with Crippen LogP contribution in [-0.4, -0.2) is 57.7 Å². The zero-order chi connectivity index (χ0) is 19.9. The van der Waals surface area contributed by atoms with Crippen molar-refractivity contribution < 1.29 is 22.7 Å². The quantitative estimate of drug-likeness (QED) is 0.686. The molecule has 0 saturated carbocycles. The number of carbonyl (C=O) groups is 1. The van der Waals surface area contributed by atoms with E-state index in [1.54, 1.807) is 0 Å². The molecule has 0 radical (unpaired) electrons. The number of benzene rings is 1. The predicted octanol–water partition coefficient (Wildman–Crippen LogP) is 1.81. The summed E-state index contributed by atoms with van der Waals surface area (Å²) < 4.78 is 35.7. The molecule has 7 nitrogen and oxygen atoms in total. The first kappa shape index (κ1) is 21.5. The van der Waals surface area contributed by atoms with E-state index in [1.807, 2.05) is 32.0 Å². The zero-order valence-electron chi connectivity index (χ0n) is 16.4. The standard InChI is InChI=1S/C19H30N2O5S/c1-4-25-17-7-6-15(14-18(17)26-5-2)8-11-20-19(22)16-9-12-21(13-10-16)27(3,23)24/h6-7,14,16H,4-5,8-13H2,1-3H3,(H,20,22). The molecule has 1 N–H and O–H groups in total. The summed E-state index contributed by atoms with van der Waals surface area (Å²) in [6.07, 6.45) is 3.04. The summed E-state index contributed by atoms with van der Waals surface area (Å²) in [7, 11) is -3.17. The Labute approximate surface area is 162 Å². The van der Waals surface area contributed by atoms with Crippen molar-refractivity contribution in [1.29, 1.82) is 0 Å². The monoisotopic (exact) mass is 398 g/mol. The molecule has 1 aromatic rings. The van der Waals surface area contributed by atoms with Crippen molar-refractivity contribution in [2.24, 2.45) is 5.92 Å². The molecule has 0 aromatic heterocycles. The van der Waals surface area contributed by atoms with Crippen molar-refractivity contribution in [3.05, 3.63) is 23.8 Å². The molecule has 2 rings (SSSR count). The highest BCUT2D eigenvalue weighted by Crippen LogP contribution is 2.28. The molecule has 8 heteroatoms. The number of rotatable bonds is 9. The van der Waals surface area contributed by atoms with Gasteiger partial charge in [-0.3, -0.25) is 4.79 Å². The highest BCUT2D eigenvalue weighted by molar-refractivity contribution is 7.88. The summed E-state index contributed by atoms with van der Waals surface area (Å²) in [6.45, 7) is 6.35. The van der Waals surface area contributed by atoms with Crippen LogP contribution in [0.15, 0.2) is 18.2 Å². The van der Waals surface area contributed by atoms with Crippen LogP contribution >= 0.6 is 0 Å². The van der Waals surface area contributed by atoms with Gasteiger partial charge in [0.1, 0.15) is 0 Å². The van der Waals surface area contributed by atoms with Crippen molar-refractivity contribution in [3.63, 3.8) is 0 Å². The Hall–Kier alpha value is -1.80. The SMILES string of the molecule is CCOc1ccc(CCNC(=O)C2CCN(S(C)(=O)=O)CC2)cc1OCC. The number of carbonyl (C=O) groups excluding carboxylic acids is 1. The van der Waals surface area contributed by atoms with E-state index in [1.165, 1.54) is 10.6 Å². The number of hydrogen-bond acceptors (Lipinski definition) is 5. The first-order chi connectivity index (χ1) is 12.8. The number of nitrogens with one attached hydrogen (secondary N) is 1. The molecule has 1 heterocycles. The van der Waals surface area contributed by atoms with Crippen molar-refractivity contribution in [1.82, 2.24) is 9.62 Å². The summed E-state index contributed by atoms with van der Waals surface area (Å²) in [5.74, 6) is 1.32. The summed E-state index contributed by atoms with van der Waals surface area (Å²) in [4.78, 5) is 12.3. The van der Waals surface area contributed by atoms with E-state index in [2.05, 4.69) is 5.32 Å². The Morgan fingerprint density at radius 1 is 1.15 bits per heavy atom. The van der Waals surface area contributed by atoms with Crippen molar-refractivity contribution in [2.75, 3.05) is 39.1 Å². The third kappa shape index (κ3) is 6.39. The topological polar surface area (TPSA) is 84.9 Å². The Morgan fingerprint density at radius 2 is 1.78 bits per heavy atom. The van der Waals surface area contributed by atoms with E-state index in [4.69, 9.17) is 9.47 Å². The largest absolute Gasteiger partial charge is 0.490 e. The maximum absolute atomic E-state index is 12.3. The van der Waals surface area contributed by atoms with Gasteiger partial charge < -0.3 is 14.8 Å². The van der Waals surface area contributed by atoms with E-state index < -0.39 is 10.0 Å². The van der Waals surface area contributed by atoms with Gasteiger partial charge in [-0.05, 0) is 50.8 Å². The van der Waals surface area contributed by atoms with Crippen LogP contribution in [0.2, 0.25) is 0 Å². The van der Waals surface area contributed by atoms with E-state index in [-0.39, 0.29) is 11.8 Å². The number of nitrogens with zero attached hydrogens (tertiary/aromatic N) is 1. The van der Waals surface area contributed by atoms with Gasteiger partial charge in [0.15, 0.2) is 11.5 Å². The lowest BCUT2D eigenvalue weighted by molar-refractivity contribution is -0.126. The van der Waals surface area contributed by atoms with Crippen LogP contribution in [0.25, 0.3) is 0 Å². The van der Waals surface area contributed by atoms with E-state index in [0.717, 1.165) is 17.1 Å². The lowest BCUT2D eigenvalue weighted by atomic mass is 9.97. The van der Waals surface area contributed by atoms with Gasteiger partial charge in [-0.2, -0.15) is 0 Å². The van der Waals surface area contributed by atoms with Crippen LogP contribution in [-0.2, 0) is 21.2 Å². The highest BCUT2D eigenvalue weighted by atomic mass is 32.2. The number of hydrogen-bond donors (Lipinski definition) is 1. The molecule has 0 bridgehead atoms. The third-order valence-electron chi connectivity index (χ3n) is 4.61. The maximum Gasteiger partial charge on any atom is 0.223 e. The molecule has 1 saturated heterocycles. The minimum atomic E-state index is -3.17. The van der Waals surface area contributed by atoms with Crippen LogP contribution in [0.3, 0.4) is 0 Å². The Bertz CT molecular complexity index is 728. The second-order valence-electron chi connectivity index (χ2n) is 6.62. The van der Waals surface area contributed by atoms with Gasteiger partial charge in [0, 0.05) is 25.6 Å². The van der Waals surface area contributed by atoms with E-state index in [0.29, 0.717) is 52.1 Å². The van der Waals surface area contributed by atoms with Crippen LogP contribution in [0, 0.1) is 5.92 Å². The fourth-order valence-corrected chi connectivity index (χ4v) is 4.05. The number of ether oxygens (including phenoxy) is 2. The van der Waals surface area contributed by atoms with Crippen LogP contribution in [0.4, 0.5) is 0 Å². The van der Waals surface area contributed by atoms with Crippen molar-refractivity contribution in [3.8, 4) is 11.5 Å². The number of sulfonamides is 1. The first-order valence-electron chi connectivity index (χ1n) is 9.46. The molecule has 0 spiro atoms. The van der Waals surface area contributed by atoms with Crippen LogP contribution < -0.4 is 14.8 Å². The average molecular weight is 399 g/mol. The number of amides is 1. The van der Waals surface area contributed by atoms with Gasteiger partial charge in [0.25, 0.3) is 0 Å². The molecule has 1 aromatic carbocycles. The molecule has 0 aliphatic carbocycles. The summed E-state index contributed by atoms with van der Waals surface area (Å²) >= 11 is 0. The minimum Gasteiger partial charge on any atom is -0.490 e. The lowest BCUT2D eigenvalue weighted by Gasteiger charge is -2.29. The van der Waals surface area contributed by atoms with Gasteiger partial charge in [0.2, 0.25) is 15.9 Å². The molecule has 27 heavy (non-hydrogen) atoms. The minimum absolute atomic E-state index is 0.000816. The zero-order valence-corrected chi connectivity index (χ0v) is 17.2. The fraction of sp³-hybridized carbons (Fsp3) is 0.632. The summed E-state index contributed by atoms with van der Waals surface area (Å²) in [5, 5.41) is 2.97. The average Bonchev–Trinajstić information content (AvgIpc) is 2.63. The molecule has 1 aliphatic heterocycles. The van der Waals surface area contributed by atoms with Crippen LogP contribution in [0.5, 0.6) is 11.5 Å². The molecular weight excluding hydrogens is 368 g/mol. The van der Waals surface area contributed by atoms with Crippen molar-refractivity contribution in [2.45, 2.75) is 33.1 Å². The third-order valence-corrected chi connectivity index (χ3v) is 5.92. The molecule has 1 aliphatic rings. The maximum atomic E-state index is 12.3. The molecule has 0 atom stereocenters. The molecule has 1 amide bonds. The van der Waals surface area contributed by atoms with Gasteiger partial charge in [0.05, 0.1) is 19.5 Å². The van der Waals surface area contributed by atoms with E-state index >= 15 is 0 Å². The van der Waals surface area contributed by atoms with Gasteiger partial charge in [-0.15, -0.1) is 0 Å². The second-order valence-corrected chi connectivity index (χ2v) is 8.61. The molecule has 152 valence electrons. The summed E-state index contributed by atoms with van der Waals surface area (Å²) in [5.41, 5.74) is 1.06. The Kier molecular flexibility index (Phi) is 7.91. The second kappa shape index (κ2) is 9.94. The Balaban J connectivity index is 1.82. The lowest BCUT2D eigenvalue weighted by Crippen LogP contribution is -2.42. The van der Waals surface area contributed by atoms with Gasteiger partial charge >= 0.3 is 0 Å². The van der Waals surface area contributed by atoms with Gasteiger partial charge in [-0.1, -0.05) is 6.07 Å². The first-order valence-corrected chi connectivity index (χ1v) is 11.3. The smallest absolute Gasteiger partial charge is 0.223 e. The number of piperidine rings is 1. The Morgan fingerprint density at radius 3 is 2.37 bits per heavy atom. The summed E-state index contributed by atoms with van der Waals surface area (Å²) in [6, 6.07) is 5.82. The highest BCUT2D eigenvalue weighted by Gasteiger charge is 2.28. The fourth-order valence-electron chi connectivity index (χ4n) is 3.18. The van der Waals surface area contributed by atoms with E-state index in [9.17, 15) is 13.2 Å². The van der Waals surface area contributed by atoms with Gasteiger partial charge in [-0.25, -0.2) is 12.7 Å². The normalized spacial score (nSPS) is 16.1. The predicted molar refractivity (Wildman–Crippen MR) is 105 cm³/mol. The van der Waals surface area contributed by atoms with Crippen molar-refractivity contribution >= 4 is 15.9 Å².